The van der Waals surface area contributed by atoms with Crippen LogP contribution in [0.3, 0.4) is 0 Å². The Morgan fingerprint density at radius 2 is 2.10 bits per heavy atom. The SMILES string of the molecule is Cc1ccccc1NC(=O)CC1CC(C(C)O)C1(C)C. The third-order valence-corrected chi connectivity index (χ3v) is 4.98. The molecular weight excluding hydrogens is 250 g/mol. The number of carbonyl (C=O) groups excluding carboxylic acids is 1. The van der Waals surface area contributed by atoms with Crippen LogP contribution in [0.4, 0.5) is 5.69 Å². The maximum absolute atomic E-state index is 12.2. The number of hydrogen-bond acceptors (Lipinski definition) is 2. The average molecular weight is 275 g/mol. The quantitative estimate of drug-likeness (QED) is 0.885. The number of para-hydroxylation sites is 1. The number of anilines is 1. The minimum atomic E-state index is -0.291. The Balaban J connectivity index is 1.92. The lowest BCUT2D eigenvalue weighted by atomic mass is 9.52. The smallest absolute Gasteiger partial charge is 0.224 e. The number of rotatable bonds is 4. The van der Waals surface area contributed by atoms with Crippen molar-refractivity contribution in [2.75, 3.05) is 5.32 Å². The molecule has 0 radical (unpaired) electrons. The highest BCUT2D eigenvalue weighted by molar-refractivity contribution is 5.91. The number of amides is 1. The minimum absolute atomic E-state index is 0.0389. The first-order valence-electron chi connectivity index (χ1n) is 7.36. The van der Waals surface area contributed by atoms with Gasteiger partial charge in [0, 0.05) is 12.1 Å². The van der Waals surface area contributed by atoms with Crippen LogP contribution in [0.2, 0.25) is 0 Å². The van der Waals surface area contributed by atoms with Crippen molar-refractivity contribution in [3.63, 3.8) is 0 Å². The van der Waals surface area contributed by atoms with E-state index in [4.69, 9.17) is 0 Å². The maximum Gasteiger partial charge on any atom is 0.224 e. The van der Waals surface area contributed by atoms with Crippen LogP contribution in [-0.2, 0) is 4.79 Å². The van der Waals surface area contributed by atoms with Crippen molar-refractivity contribution >= 4 is 11.6 Å². The lowest BCUT2D eigenvalue weighted by Crippen LogP contribution is -2.50. The van der Waals surface area contributed by atoms with Gasteiger partial charge in [0.1, 0.15) is 0 Å². The van der Waals surface area contributed by atoms with Crippen LogP contribution >= 0.6 is 0 Å². The molecule has 0 saturated heterocycles. The zero-order valence-corrected chi connectivity index (χ0v) is 12.8. The Morgan fingerprint density at radius 3 is 2.65 bits per heavy atom. The van der Waals surface area contributed by atoms with Gasteiger partial charge < -0.3 is 10.4 Å². The third-order valence-electron chi connectivity index (χ3n) is 4.98. The molecule has 1 aliphatic carbocycles. The molecule has 0 bridgehead atoms. The number of benzene rings is 1. The van der Waals surface area contributed by atoms with Crippen LogP contribution in [0.5, 0.6) is 0 Å². The van der Waals surface area contributed by atoms with Crippen LogP contribution in [-0.4, -0.2) is 17.1 Å². The van der Waals surface area contributed by atoms with Gasteiger partial charge in [0.15, 0.2) is 0 Å². The van der Waals surface area contributed by atoms with E-state index in [1.54, 1.807) is 0 Å². The highest BCUT2D eigenvalue weighted by Gasteiger charge is 2.50. The van der Waals surface area contributed by atoms with Crippen LogP contribution in [0, 0.1) is 24.2 Å². The second-order valence-electron chi connectivity index (χ2n) is 6.67. The average Bonchev–Trinajstić information content (AvgIpc) is 2.36. The molecule has 2 rings (SSSR count). The largest absolute Gasteiger partial charge is 0.393 e. The van der Waals surface area contributed by atoms with Gasteiger partial charge in [0.25, 0.3) is 0 Å². The molecule has 3 unspecified atom stereocenters. The maximum atomic E-state index is 12.2. The van der Waals surface area contributed by atoms with Gasteiger partial charge in [0.2, 0.25) is 5.91 Å². The number of carbonyl (C=O) groups is 1. The molecule has 1 saturated carbocycles. The monoisotopic (exact) mass is 275 g/mol. The van der Waals surface area contributed by atoms with E-state index in [-0.39, 0.29) is 17.4 Å². The van der Waals surface area contributed by atoms with Gasteiger partial charge in [-0.3, -0.25) is 4.79 Å². The standard InChI is InChI=1S/C17H25NO2/c1-11-7-5-6-8-15(11)18-16(20)10-13-9-14(12(2)19)17(13,3)4/h5-8,12-14,19H,9-10H2,1-4H3,(H,18,20). The van der Waals surface area contributed by atoms with Gasteiger partial charge in [-0.15, -0.1) is 0 Å². The molecule has 3 atom stereocenters. The molecule has 110 valence electrons. The molecule has 1 aliphatic rings. The predicted molar refractivity (Wildman–Crippen MR) is 81.5 cm³/mol. The van der Waals surface area contributed by atoms with Gasteiger partial charge in [0.05, 0.1) is 6.10 Å². The first kappa shape index (κ1) is 15.0. The van der Waals surface area contributed by atoms with Crippen molar-refractivity contribution in [3.8, 4) is 0 Å². The molecule has 1 aromatic carbocycles. The summed E-state index contributed by atoms with van der Waals surface area (Å²) in [5.41, 5.74) is 2.01. The number of hydrogen-bond donors (Lipinski definition) is 2. The molecule has 1 aromatic rings. The van der Waals surface area contributed by atoms with Crippen LogP contribution in [0.15, 0.2) is 24.3 Å². The fraction of sp³-hybridized carbons (Fsp3) is 0.588. The van der Waals surface area contributed by atoms with Gasteiger partial charge >= 0.3 is 0 Å². The molecule has 2 N–H and O–H groups in total. The lowest BCUT2D eigenvalue weighted by molar-refractivity contribution is -0.127. The van der Waals surface area contributed by atoms with Crippen molar-refractivity contribution < 1.29 is 9.90 Å². The predicted octanol–water partition coefficient (Wildman–Crippen LogP) is 3.37. The Hall–Kier alpha value is -1.35. The summed E-state index contributed by atoms with van der Waals surface area (Å²) in [6.45, 7) is 8.14. The fourth-order valence-corrected chi connectivity index (χ4v) is 3.36. The molecule has 3 nitrogen and oxygen atoms in total. The molecule has 1 fully saturated rings. The second-order valence-corrected chi connectivity index (χ2v) is 6.67. The Kier molecular flexibility index (Phi) is 4.19. The summed E-state index contributed by atoms with van der Waals surface area (Å²) in [4.78, 5) is 12.2. The summed E-state index contributed by atoms with van der Waals surface area (Å²) in [7, 11) is 0. The Labute approximate surface area is 121 Å². The molecule has 1 amide bonds. The lowest BCUT2D eigenvalue weighted by Gasteiger charge is -2.53. The van der Waals surface area contributed by atoms with Crippen molar-refractivity contribution in [1.29, 1.82) is 0 Å². The zero-order valence-electron chi connectivity index (χ0n) is 12.8. The molecule has 0 aromatic heterocycles. The van der Waals surface area contributed by atoms with Crippen molar-refractivity contribution in [1.82, 2.24) is 0 Å². The van der Waals surface area contributed by atoms with Crippen molar-refractivity contribution in [2.24, 2.45) is 17.3 Å². The summed E-state index contributed by atoms with van der Waals surface area (Å²) in [6, 6.07) is 7.82. The normalized spacial score (nSPS) is 25.6. The van der Waals surface area contributed by atoms with E-state index in [1.165, 1.54) is 0 Å². The van der Waals surface area contributed by atoms with Crippen molar-refractivity contribution in [2.45, 2.75) is 46.6 Å². The summed E-state index contributed by atoms with van der Waals surface area (Å²) in [6.07, 6.45) is 1.18. The van der Waals surface area contributed by atoms with E-state index in [0.717, 1.165) is 17.7 Å². The van der Waals surface area contributed by atoms with Gasteiger partial charge in [-0.25, -0.2) is 0 Å². The van der Waals surface area contributed by atoms with Crippen LogP contribution in [0.25, 0.3) is 0 Å². The van der Waals surface area contributed by atoms with Gasteiger partial charge in [-0.2, -0.15) is 0 Å². The van der Waals surface area contributed by atoms with Crippen LogP contribution < -0.4 is 5.32 Å². The third kappa shape index (κ3) is 2.88. The van der Waals surface area contributed by atoms with E-state index in [2.05, 4.69) is 19.2 Å². The Bertz CT molecular complexity index is 494. The minimum Gasteiger partial charge on any atom is -0.393 e. The van der Waals surface area contributed by atoms with Gasteiger partial charge in [-0.1, -0.05) is 32.0 Å². The zero-order chi connectivity index (χ0) is 14.9. The summed E-state index contributed by atoms with van der Waals surface area (Å²) < 4.78 is 0. The summed E-state index contributed by atoms with van der Waals surface area (Å²) in [5.74, 6) is 0.728. The first-order chi connectivity index (χ1) is 9.32. The first-order valence-corrected chi connectivity index (χ1v) is 7.36. The summed E-state index contributed by atoms with van der Waals surface area (Å²) in [5, 5.41) is 12.7. The molecular formula is C17H25NO2. The highest BCUT2D eigenvalue weighted by atomic mass is 16.3. The van der Waals surface area contributed by atoms with Crippen molar-refractivity contribution in [3.05, 3.63) is 29.8 Å². The van der Waals surface area contributed by atoms with E-state index in [9.17, 15) is 9.90 Å². The number of nitrogens with one attached hydrogen (secondary N) is 1. The fourth-order valence-electron chi connectivity index (χ4n) is 3.36. The molecule has 0 heterocycles. The molecule has 3 heteroatoms. The number of aryl methyl sites for hydroxylation is 1. The van der Waals surface area contributed by atoms with Crippen LogP contribution in [0.1, 0.15) is 39.2 Å². The highest BCUT2D eigenvalue weighted by Crippen LogP contribution is 2.54. The number of aliphatic hydroxyl groups excluding tert-OH is 1. The van der Waals surface area contributed by atoms with E-state index < -0.39 is 0 Å². The second kappa shape index (κ2) is 5.57. The Morgan fingerprint density at radius 1 is 1.45 bits per heavy atom. The van der Waals surface area contributed by atoms with Gasteiger partial charge in [-0.05, 0) is 49.1 Å². The molecule has 0 spiro atoms. The summed E-state index contributed by atoms with van der Waals surface area (Å²) >= 11 is 0. The molecule has 0 aliphatic heterocycles. The number of aliphatic hydroxyl groups is 1. The topological polar surface area (TPSA) is 49.3 Å². The van der Waals surface area contributed by atoms with E-state index >= 15 is 0 Å². The van der Waals surface area contributed by atoms with E-state index in [1.807, 2.05) is 38.1 Å². The molecule has 20 heavy (non-hydrogen) atoms. The van der Waals surface area contributed by atoms with E-state index in [0.29, 0.717) is 18.3 Å².